The molecule has 38 heavy (non-hydrogen) atoms. The summed E-state index contributed by atoms with van der Waals surface area (Å²) in [6, 6.07) is 23.2. The summed E-state index contributed by atoms with van der Waals surface area (Å²) in [6.07, 6.45) is 3.49. The Hall–Kier alpha value is -4.81. The van der Waals surface area contributed by atoms with Gasteiger partial charge in [-0.3, -0.25) is 9.48 Å². The van der Waals surface area contributed by atoms with E-state index in [0.717, 1.165) is 22.2 Å². The Kier molecular flexibility index (Phi) is 6.98. The summed E-state index contributed by atoms with van der Waals surface area (Å²) in [5, 5.41) is 18.8. The summed E-state index contributed by atoms with van der Waals surface area (Å²) in [5.41, 5.74) is 4.45. The first-order valence-electron chi connectivity index (χ1n) is 11.5. The normalized spacial score (nSPS) is 13.3. The number of fused-ring (bicyclic) bond motifs is 2. The van der Waals surface area contributed by atoms with Crippen LogP contribution >= 0.6 is 0 Å². The molecule has 1 aliphatic heterocycles. The molecule has 12 heteroatoms. The van der Waals surface area contributed by atoms with Crippen molar-refractivity contribution in [2.75, 3.05) is 10.6 Å². The monoisotopic (exact) mass is 529 g/mol. The molecule has 5 aromatic rings. The van der Waals surface area contributed by atoms with E-state index in [1.807, 2.05) is 53.3 Å². The molecule has 0 radical (unpaired) electrons. The van der Waals surface area contributed by atoms with Crippen LogP contribution in [-0.4, -0.2) is 39.7 Å². The first kappa shape index (κ1) is 24.9. The Bertz CT molecular complexity index is 1710. The topological polar surface area (TPSA) is 151 Å². The Morgan fingerprint density at radius 3 is 2.58 bits per heavy atom. The number of hydrogen-bond donors (Lipinski definition) is 4. The minimum absolute atomic E-state index is 0.250. The molecule has 3 heterocycles. The van der Waals surface area contributed by atoms with Gasteiger partial charge in [0.05, 0.1) is 23.2 Å². The van der Waals surface area contributed by atoms with Crippen molar-refractivity contribution in [1.29, 1.82) is 0 Å². The summed E-state index contributed by atoms with van der Waals surface area (Å²) in [5.74, 6) is 0.962. The predicted molar refractivity (Wildman–Crippen MR) is 143 cm³/mol. The fourth-order valence-corrected chi connectivity index (χ4v) is 5.36. The molecule has 0 saturated carbocycles. The van der Waals surface area contributed by atoms with Gasteiger partial charge in [-0.25, -0.2) is 18.1 Å². The van der Waals surface area contributed by atoms with Crippen molar-refractivity contribution < 1.29 is 18.3 Å². The number of nitrogens with one attached hydrogen (secondary N) is 3. The van der Waals surface area contributed by atoms with E-state index in [1.165, 1.54) is 5.56 Å². The van der Waals surface area contributed by atoms with Gasteiger partial charge in [0.25, 0.3) is 6.47 Å². The van der Waals surface area contributed by atoms with Crippen LogP contribution in [0.15, 0.2) is 90.1 Å². The van der Waals surface area contributed by atoms with E-state index in [1.54, 1.807) is 24.4 Å². The van der Waals surface area contributed by atoms with E-state index >= 15 is 0 Å². The van der Waals surface area contributed by atoms with Crippen molar-refractivity contribution in [2.24, 2.45) is 0 Å². The smallest absolute Gasteiger partial charge is 0.290 e. The highest BCUT2D eigenvalue weighted by atomic mass is 32.2. The van der Waals surface area contributed by atoms with Gasteiger partial charge in [0.15, 0.2) is 0 Å². The molecule has 4 N–H and O–H groups in total. The van der Waals surface area contributed by atoms with Crippen LogP contribution < -0.4 is 15.4 Å². The van der Waals surface area contributed by atoms with E-state index in [-0.39, 0.29) is 11.4 Å². The van der Waals surface area contributed by atoms with Gasteiger partial charge < -0.3 is 15.7 Å². The van der Waals surface area contributed by atoms with E-state index in [9.17, 15) is 8.42 Å². The van der Waals surface area contributed by atoms with E-state index in [2.05, 4.69) is 42.6 Å². The van der Waals surface area contributed by atoms with Gasteiger partial charge in [-0.15, -0.1) is 0 Å². The second-order valence-corrected chi connectivity index (χ2v) is 10.1. The van der Waals surface area contributed by atoms with Crippen LogP contribution in [0, 0.1) is 0 Å². The van der Waals surface area contributed by atoms with Crippen molar-refractivity contribution in [3.05, 3.63) is 96.3 Å². The number of carboxylic acid groups (broad SMARTS) is 1. The fraction of sp³-hybridized carbons (Fsp3) is 0.0769. The molecule has 6 rings (SSSR count). The van der Waals surface area contributed by atoms with Crippen LogP contribution in [0.2, 0.25) is 0 Å². The Morgan fingerprint density at radius 1 is 1.00 bits per heavy atom. The summed E-state index contributed by atoms with van der Waals surface area (Å²) >= 11 is 0. The van der Waals surface area contributed by atoms with Gasteiger partial charge in [-0.2, -0.15) is 10.1 Å². The molecule has 0 unspecified atom stereocenters. The average molecular weight is 530 g/mol. The van der Waals surface area contributed by atoms with Crippen LogP contribution in [0.25, 0.3) is 10.9 Å². The highest BCUT2D eigenvalue weighted by molar-refractivity contribution is 7.89. The minimum atomic E-state index is -3.45. The largest absolute Gasteiger partial charge is 0.483 e. The molecule has 1 aliphatic rings. The number of benzene rings is 3. The molecular formula is C26H23N7O4S. The third kappa shape index (κ3) is 5.45. The summed E-state index contributed by atoms with van der Waals surface area (Å²) in [4.78, 5) is 17.4. The van der Waals surface area contributed by atoms with E-state index in [4.69, 9.17) is 9.90 Å². The van der Waals surface area contributed by atoms with Gasteiger partial charge in [-0.1, -0.05) is 36.4 Å². The van der Waals surface area contributed by atoms with Crippen LogP contribution in [0.3, 0.4) is 0 Å². The van der Waals surface area contributed by atoms with Gasteiger partial charge in [0.2, 0.25) is 16.0 Å². The number of sulfonamides is 1. The lowest BCUT2D eigenvalue weighted by Gasteiger charge is -2.10. The number of rotatable bonds is 6. The lowest BCUT2D eigenvalue weighted by atomic mass is 10.2. The molecule has 2 aromatic heterocycles. The summed E-state index contributed by atoms with van der Waals surface area (Å²) < 4.78 is 28.7. The summed E-state index contributed by atoms with van der Waals surface area (Å²) in [6.45, 7) is 0.765. The number of carbonyl (C=O) groups is 1. The molecule has 192 valence electrons. The minimum Gasteiger partial charge on any atom is -0.483 e. The zero-order valence-corrected chi connectivity index (χ0v) is 20.8. The molecule has 0 atom stereocenters. The average Bonchev–Trinajstić information content (AvgIpc) is 3.45. The Labute approximate surface area is 218 Å². The van der Waals surface area contributed by atoms with Crippen LogP contribution in [-0.2, 0) is 27.9 Å². The van der Waals surface area contributed by atoms with Gasteiger partial charge in [-0.05, 0) is 47.5 Å². The van der Waals surface area contributed by atoms with Crippen molar-refractivity contribution in [3.8, 4) is 0 Å². The standard InChI is InChI=1S/C25H21N7O2S.CH2O2/c33-35(34)23-13-21(7-6-18(23)15-28-35)30-25-26-11-10-24(31-25)29-20-8-9-22-19(12-20)14-27-32(22)16-17-4-2-1-3-5-17;2-1-3/h1-14,28H,15-16H2,(H2,26,29,30,31);1H,(H,2,3). The maximum absolute atomic E-state index is 12.1. The lowest BCUT2D eigenvalue weighted by Crippen LogP contribution is -2.13. The number of aromatic nitrogens is 4. The van der Waals surface area contributed by atoms with E-state index < -0.39 is 10.0 Å². The Balaban J connectivity index is 0.000000937. The number of anilines is 4. The second-order valence-electron chi connectivity index (χ2n) is 8.33. The Morgan fingerprint density at radius 2 is 1.76 bits per heavy atom. The lowest BCUT2D eigenvalue weighted by molar-refractivity contribution is -0.122. The quantitative estimate of drug-likeness (QED) is 0.240. The van der Waals surface area contributed by atoms with E-state index in [0.29, 0.717) is 30.5 Å². The summed E-state index contributed by atoms with van der Waals surface area (Å²) in [7, 11) is -3.45. The molecule has 3 aromatic carbocycles. The highest BCUT2D eigenvalue weighted by Gasteiger charge is 2.25. The molecule has 0 spiro atoms. The SMILES string of the molecule is O=CO.O=S1(=O)NCc2ccc(Nc3nccc(Nc4ccc5c(cnn5Cc5ccccc5)c4)n3)cc21. The molecule has 0 amide bonds. The van der Waals surface area contributed by atoms with Crippen molar-refractivity contribution >= 4 is 50.5 Å². The molecule has 0 saturated heterocycles. The van der Waals surface area contributed by atoms with Crippen molar-refractivity contribution in [1.82, 2.24) is 24.5 Å². The maximum atomic E-state index is 12.1. The zero-order valence-electron chi connectivity index (χ0n) is 19.9. The van der Waals surface area contributed by atoms with Gasteiger partial charge in [0, 0.05) is 29.5 Å². The first-order chi connectivity index (χ1) is 18.4. The fourth-order valence-electron chi connectivity index (χ4n) is 4.09. The second kappa shape index (κ2) is 10.7. The van der Waals surface area contributed by atoms with Crippen molar-refractivity contribution in [2.45, 2.75) is 18.0 Å². The van der Waals surface area contributed by atoms with Crippen molar-refractivity contribution in [3.63, 3.8) is 0 Å². The molecule has 11 nitrogen and oxygen atoms in total. The van der Waals surface area contributed by atoms with Crippen LogP contribution in [0.5, 0.6) is 0 Å². The van der Waals surface area contributed by atoms with Gasteiger partial charge >= 0.3 is 0 Å². The highest BCUT2D eigenvalue weighted by Crippen LogP contribution is 2.27. The third-order valence-electron chi connectivity index (χ3n) is 5.81. The van der Waals surface area contributed by atoms with Crippen LogP contribution in [0.4, 0.5) is 23.1 Å². The third-order valence-corrected chi connectivity index (χ3v) is 7.29. The predicted octanol–water partition coefficient (Wildman–Crippen LogP) is 3.85. The zero-order chi connectivity index (χ0) is 26.5. The molecule has 0 fully saturated rings. The number of nitrogens with zero attached hydrogens (tertiary/aromatic N) is 4. The number of hydrogen-bond acceptors (Lipinski definition) is 8. The first-order valence-corrected chi connectivity index (χ1v) is 13.0. The van der Waals surface area contributed by atoms with Gasteiger partial charge in [0.1, 0.15) is 5.82 Å². The maximum Gasteiger partial charge on any atom is 0.290 e. The molecular weight excluding hydrogens is 506 g/mol. The van der Waals surface area contributed by atoms with Crippen LogP contribution in [0.1, 0.15) is 11.1 Å². The molecule has 0 aliphatic carbocycles. The molecule has 0 bridgehead atoms.